The van der Waals surface area contributed by atoms with Crippen molar-refractivity contribution in [2.75, 3.05) is 33.3 Å². The Bertz CT molecular complexity index is 1150. The summed E-state index contributed by atoms with van der Waals surface area (Å²) in [6.45, 7) is 3.34. The highest BCUT2D eigenvalue weighted by molar-refractivity contribution is 5.79. The van der Waals surface area contributed by atoms with Crippen molar-refractivity contribution < 1.29 is 9.53 Å². The number of rotatable bonds is 4. The number of hydrogen-bond donors (Lipinski definition) is 1. The fraction of sp³-hybridized carbons (Fsp3) is 0.455. The Labute approximate surface area is 180 Å². The van der Waals surface area contributed by atoms with Crippen molar-refractivity contribution in [2.45, 2.75) is 25.3 Å². The van der Waals surface area contributed by atoms with E-state index >= 15 is 0 Å². The molecule has 1 N–H and O–H groups in total. The molecular weight excluding hydrogens is 394 g/mol. The molecular formula is C22H25N7O2. The van der Waals surface area contributed by atoms with E-state index in [0.29, 0.717) is 29.3 Å². The normalized spacial score (nSPS) is 19.6. The molecule has 0 aliphatic carbocycles. The standard InChI is InChI=1S/C22H25N7O2/c1-31-20-8-16(12-29-21(20)17(9-23)10-26-29)18-11-25-28(13-18)19-4-7-27(14-19)22(30)15-2-5-24-6-3-15/h8,10-13,15,19,24H,2-7,14H2,1H3/t19-/m0/s1. The van der Waals surface area contributed by atoms with E-state index in [1.165, 1.54) is 6.20 Å². The van der Waals surface area contributed by atoms with Gasteiger partial charge < -0.3 is 15.0 Å². The Morgan fingerprint density at radius 3 is 2.81 bits per heavy atom. The molecule has 0 unspecified atom stereocenters. The molecule has 9 nitrogen and oxygen atoms in total. The van der Waals surface area contributed by atoms with Crippen LogP contribution in [0.1, 0.15) is 30.9 Å². The lowest BCUT2D eigenvalue weighted by atomic mass is 9.97. The van der Waals surface area contributed by atoms with Gasteiger partial charge in [-0.3, -0.25) is 9.48 Å². The van der Waals surface area contributed by atoms with Crippen LogP contribution in [0.25, 0.3) is 16.6 Å². The van der Waals surface area contributed by atoms with Gasteiger partial charge in [-0.25, -0.2) is 4.52 Å². The van der Waals surface area contributed by atoms with E-state index in [1.807, 2.05) is 34.2 Å². The first kappa shape index (κ1) is 19.6. The van der Waals surface area contributed by atoms with E-state index in [9.17, 15) is 10.1 Å². The zero-order valence-electron chi connectivity index (χ0n) is 17.5. The molecule has 160 valence electrons. The quantitative estimate of drug-likeness (QED) is 0.693. The Morgan fingerprint density at radius 1 is 1.19 bits per heavy atom. The summed E-state index contributed by atoms with van der Waals surface area (Å²) in [6, 6.07) is 4.23. The number of amides is 1. The van der Waals surface area contributed by atoms with Crippen LogP contribution in [0, 0.1) is 17.2 Å². The van der Waals surface area contributed by atoms with Crippen LogP contribution >= 0.6 is 0 Å². The highest BCUT2D eigenvalue weighted by atomic mass is 16.5. The Morgan fingerprint density at radius 2 is 2.03 bits per heavy atom. The van der Waals surface area contributed by atoms with E-state index < -0.39 is 0 Å². The molecule has 5 heterocycles. The summed E-state index contributed by atoms with van der Waals surface area (Å²) < 4.78 is 9.14. The summed E-state index contributed by atoms with van der Waals surface area (Å²) in [6.07, 6.45) is 10.0. The zero-order chi connectivity index (χ0) is 21.4. The second-order valence-electron chi connectivity index (χ2n) is 8.22. The van der Waals surface area contributed by atoms with E-state index in [4.69, 9.17) is 4.74 Å². The summed E-state index contributed by atoms with van der Waals surface area (Å²) in [5.41, 5.74) is 2.98. The summed E-state index contributed by atoms with van der Waals surface area (Å²) in [5.74, 6) is 1.04. The van der Waals surface area contributed by atoms with E-state index in [-0.39, 0.29) is 12.0 Å². The van der Waals surface area contributed by atoms with Crippen molar-refractivity contribution in [3.8, 4) is 22.9 Å². The van der Waals surface area contributed by atoms with Gasteiger partial charge in [-0.1, -0.05) is 0 Å². The monoisotopic (exact) mass is 419 g/mol. The summed E-state index contributed by atoms with van der Waals surface area (Å²) in [5, 5.41) is 21.5. The van der Waals surface area contributed by atoms with Crippen LogP contribution in [0.15, 0.2) is 30.9 Å². The van der Waals surface area contributed by atoms with Crippen molar-refractivity contribution >= 4 is 11.4 Å². The molecule has 9 heteroatoms. The maximum atomic E-state index is 12.8. The maximum absolute atomic E-state index is 12.8. The predicted molar refractivity (Wildman–Crippen MR) is 114 cm³/mol. The molecule has 0 saturated carbocycles. The van der Waals surface area contributed by atoms with Crippen LogP contribution < -0.4 is 10.1 Å². The molecule has 2 saturated heterocycles. The summed E-state index contributed by atoms with van der Waals surface area (Å²) in [7, 11) is 1.59. The summed E-state index contributed by atoms with van der Waals surface area (Å²) >= 11 is 0. The van der Waals surface area contributed by atoms with Gasteiger partial charge in [-0.2, -0.15) is 15.5 Å². The molecule has 2 aliphatic heterocycles. The van der Waals surface area contributed by atoms with Crippen LogP contribution in [0.4, 0.5) is 0 Å². The molecule has 0 bridgehead atoms. The number of nitrogens with zero attached hydrogens (tertiary/aromatic N) is 6. The van der Waals surface area contributed by atoms with Crippen molar-refractivity contribution in [3.63, 3.8) is 0 Å². The van der Waals surface area contributed by atoms with Crippen molar-refractivity contribution in [3.05, 3.63) is 36.4 Å². The Kier molecular flexibility index (Phi) is 5.08. The molecule has 0 aromatic carbocycles. The van der Waals surface area contributed by atoms with Crippen molar-refractivity contribution in [1.29, 1.82) is 5.26 Å². The summed E-state index contributed by atoms with van der Waals surface area (Å²) in [4.78, 5) is 14.9. The van der Waals surface area contributed by atoms with Gasteiger partial charge in [0.1, 0.15) is 22.9 Å². The number of ether oxygens (including phenoxy) is 1. The number of carbonyl (C=O) groups excluding carboxylic acids is 1. The fourth-order valence-corrected chi connectivity index (χ4v) is 4.65. The fourth-order valence-electron chi connectivity index (χ4n) is 4.65. The number of nitrogens with one attached hydrogen (secondary N) is 1. The third-order valence-corrected chi connectivity index (χ3v) is 6.39. The van der Waals surface area contributed by atoms with Crippen LogP contribution in [0.2, 0.25) is 0 Å². The van der Waals surface area contributed by atoms with Gasteiger partial charge in [0.2, 0.25) is 5.91 Å². The van der Waals surface area contributed by atoms with E-state index in [1.54, 1.807) is 11.6 Å². The molecule has 3 aromatic rings. The van der Waals surface area contributed by atoms with Crippen LogP contribution in [0.5, 0.6) is 5.75 Å². The highest BCUT2D eigenvalue weighted by Gasteiger charge is 2.32. The number of likely N-dealkylation sites (tertiary alicyclic amines) is 1. The molecule has 1 atom stereocenters. The van der Waals surface area contributed by atoms with Crippen LogP contribution in [0.3, 0.4) is 0 Å². The van der Waals surface area contributed by atoms with Gasteiger partial charge in [-0.15, -0.1) is 0 Å². The average Bonchev–Trinajstić information content (AvgIpc) is 3.57. The molecule has 1 amide bonds. The molecule has 5 rings (SSSR count). The zero-order valence-corrected chi connectivity index (χ0v) is 17.5. The molecule has 2 fully saturated rings. The lowest BCUT2D eigenvalue weighted by Gasteiger charge is -2.26. The first-order valence-electron chi connectivity index (χ1n) is 10.7. The number of pyridine rings is 1. The van der Waals surface area contributed by atoms with E-state index in [2.05, 4.69) is 21.6 Å². The second-order valence-corrected chi connectivity index (χ2v) is 8.22. The van der Waals surface area contributed by atoms with Gasteiger partial charge >= 0.3 is 0 Å². The van der Waals surface area contributed by atoms with Gasteiger partial charge in [0.15, 0.2) is 0 Å². The lowest BCUT2D eigenvalue weighted by molar-refractivity contribution is -0.135. The first-order chi connectivity index (χ1) is 15.2. The minimum Gasteiger partial charge on any atom is -0.494 e. The second kappa shape index (κ2) is 8.04. The number of methoxy groups -OCH3 is 1. The van der Waals surface area contributed by atoms with Crippen molar-refractivity contribution in [2.24, 2.45) is 5.92 Å². The molecule has 2 aliphatic rings. The smallest absolute Gasteiger partial charge is 0.225 e. The van der Waals surface area contributed by atoms with Crippen LogP contribution in [-0.2, 0) is 4.79 Å². The van der Waals surface area contributed by atoms with E-state index in [0.717, 1.165) is 50.0 Å². The predicted octanol–water partition coefficient (Wildman–Crippen LogP) is 1.85. The Hall–Kier alpha value is -3.38. The van der Waals surface area contributed by atoms with Crippen LogP contribution in [-0.4, -0.2) is 63.5 Å². The first-order valence-corrected chi connectivity index (χ1v) is 10.7. The number of carbonyl (C=O) groups is 1. The molecule has 0 radical (unpaired) electrons. The third kappa shape index (κ3) is 3.53. The minimum absolute atomic E-state index is 0.153. The van der Waals surface area contributed by atoms with Gasteiger partial charge in [0.05, 0.1) is 25.5 Å². The number of piperidine rings is 1. The molecule has 31 heavy (non-hydrogen) atoms. The highest BCUT2D eigenvalue weighted by Crippen LogP contribution is 2.31. The maximum Gasteiger partial charge on any atom is 0.225 e. The SMILES string of the molecule is COc1cc(-c2cnn([C@H]3CCN(C(=O)C4CCNCC4)C3)c2)cn2ncc(C#N)c12. The molecule has 3 aromatic heterocycles. The topological polar surface area (TPSA) is 100 Å². The number of nitriles is 1. The Balaban J connectivity index is 1.35. The van der Waals surface area contributed by atoms with Crippen molar-refractivity contribution in [1.82, 2.24) is 29.6 Å². The number of aromatic nitrogens is 4. The minimum atomic E-state index is 0.153. The third-order valence-electron chi connectivity index (χ3n) is 6.39. The average molecular weight is 419 g/mol. The van der Waals surface area contributed by atoms with Gasteiger partial charge in [-0.05, 0) is 38.4 Å². The largest absolute Gasteiger partial charge is 0.494 e. The lowest BCUT2D eigenvalue weighted by Crippen LogP contribution is -2.40. The number of hydrogen-bond acceptors (Lipinski definition) is 6. The molecule has 0 spiro atoms. The van der Waals surface area contributed by atoms with Gasteiger partial charge in [0, 0.05) is 42.5 Å². The number of fused-ring (bicyclic) bond motifs is 1. The van der Waals surface area contributed by atoms with Gasteiger partial charge in [0.25, 0.3) is 0 Å².